The molecule has 0 spiro atoms. The third-order valence-corrected chi connectivity index (χ3v) is 5.88. The molecule has 0 saturated carbocycles. The van der Waals surface area contributed by atoms with Crippen molar-refractivity contribution in [3.8, 4) is 0 Å². The van der Waals surface area contributed by atoms with Crippen molar-refractivity contribution in [2.45, 2.75) is 32.7 Å². The largest absolute Gasteiger partial charge is 0.336 e. The van der Waals surface area contributed by atoms with Gasteiger partial charge in [0.1, 0.15) is 5.01 Å². The first-order valence-electron chi connectivity index (χ1n) is 8.65. The lowest BCUT2D eigenvalue weighted by molar-refractivity contribution is 0.0628. The molecule has 0 N–H and O–H groups in total. The number of aromatic nitrogens is 1. The van der Waals surface area contributed by atoms with Gasteiger partial charge >= 0.3 is 0 Å². The monoisotopic (exact) mass is 411 g/mol. The third kappa shape index (κ3) is 4.58. The van der Waals surface area contributed by atoms with E-state index in [1.165, 1.54) is 0 Å². The molecule has 0 atom stereocenters. The Morgan fingerprint density at radius 3 is 2.46 bits per heavy atom. The fourth-order valence-corrected chi connectivity index (χ4v) is 4.41. The standard InChI is InChI=1S/C19H23Cl2N3OS/c1-19(2,3)16-12-26-17(22-16)11-23-6-8-24(9-7-23)18(25)14-5-4-13(20)10-15(14)21/h4-5,10,12H,6-9,11H2,1-3H3. The molecule has 140 valence electrons. The summed E-state index contributed by atoms with van der Waals surface area (Å²) in [6.45, 7) is 10.4. The van der Waals surface area contributed by atoms with Crippen molar-refractivity contribution in [2.75, 3.05) is 26.2 Å². The van der Waals surface area contributed by atoms with Crippen LogP contribution in [0.1, 0.15) is 41.8 Å². The van der Waals surface area contributed by atoms with Crippen molar-refractivity contribution in [1.29, 1.82) is 0 Å². The molecule has 0 unspecified atom stereocenters. The van der Waals surface area contributed by atoms with Crippen molar-refractivity contribution in [3.05, 3.63) is 49.9 Å². The molecular formula is C19H23Cl2N3OS. The first-order valence-corrected chi connectivity index (χ1v) is 10.3. The van der Waals surface area contributed by atoms with E-state index in [2.05, 4.69) is 31.1 Å². The molecule has 0 bridgehead atoms. The minimum absolute atomic E-state index is 0.0319. The first kappa shape index (κ1) is 19.6. The zero-order valence-electron chi connectivity index (χ0n) is 15.3. The van der Waals surface area contributed by atoms with Gasteiger partial charge in [-0.1, -0.05) is 44.0 Å². The summed E-state index contributed by atoms with van der Waals surface area (Å²) >= 11 is 13.8. The number of carbonyl (C=O) groups excluding carboxylic acids is 1. The topological polar surface area (TPSA) is 36.4 Å². The second kappa shape index (κ2) is 7.85. The lowest BCUT2D eigenvalue weighted by atomic mass is 9.93. The van der Waals surface area contributed by atoms with Crippen LogP contribution in [-0.2, 0) is 12.0 Å². The van der Waals surface area contributed by atoms with Gasteiger partial charge in [0.2, 0.25) is 0 Å². The van der Waals surface area contributed by atoms with E-state index in [4.69, 9.17) is 28.2 Å². The molecule has 26 heavy (non-hydrogen) atoms. The van der Waals surface area contributed by atoms with Gasteiger partial charge in [-0.3, -0.25) is 9.69 Å². The van der Waals surface area contributed by atoms with E-state index in [1.54, 1.807) is 29.5 Å². The number of hydrogen-bond acceptors (Lipinski definition) is 4. The number of amides is 1. The van der Waals surface area contributed by atoms with Gasteiger partial charge in [-0.25, -0.2) is 4.98 Å². The predicted molar refractivity (Wildman–Crippen MR) is 108 cm³/mol. The minimum atomic E-state index is -0.0319. The average molecular weight is 412 g/mol. The van der Waals surface area contributed by atoms with Crippen LogP contribution in [-0.4, -0.2) is 46.9 Å². The number of halogens is 2. The summed E-state index contributed by atoms with van der Waals surface area (Å²) in [5.41, 5.74) is 1.74. The van der Waals surface area contributed by atoms with Gasteiger partial charge in [-0.15, -0.1) is 11.3 Å². The number of rotatable bonds is 3. The Bertz CT molecular complexity index is 792. The minimum Gasteiger partial charge on any atom is -0.336 e. The fourth-order valence-electron chi connectivity index (χ4n) is 2.86. The highest BCUT2D eigenvalue weighted by atomic mass is 35.5. The molecule has 1 aromatic heterocycles. The third-order valence-electron chi connectivity index (χ3n) is 4.50. The van der Waals surface area contributed by atoms with Crippen LogP contribution < -0.4 is 0 Å². The van der Waals surface area contributed by atoms with Gasteiger partial charge in [0.05, 0.1) is 22.8 Å². The lowest BCUT2D eigenvalue weighted by Gasteiger charge is -2.34. The van der Waals surface area contributed by atoms with Crippen molar-refractivity contribution < 1.29 is 4.79 Å². The summed E-state index contributed by atoms with van der Waals surface area (Å²) < 4.78 is 0. The van der Waals surface area contributed by atoms with Crippen LogP contribution in [0, 0.1) is 0 Å². The maximum absolute atomic E-state index is 12.7. The summed E-state index contributed by atoms with van der Waals surface area (Å²) in [5.74, 6) is -0.0319. The molecule has 3 rings (SSSR count). The lowest BCUT2D eigenvalue weighted by Crippen LogP contribution is -2.48. The number of benzene rings is 1. The number of hydrogen-bond donors (Lipinski definition) is 0. The van der Waals surface area contributed by atoms with Crippen LogP contribution in [0.15, 0.2) is 23.6 Å². The number of nitrogens with zero attached hydrogens (tertiary/aromatic N) is 3. The molecule has 2 heterocycles. The average Bonchev–Trinajstić information content (AvgIpc) is 3.04. The van der Waals surface area contributed by atoms with E-state index in [9.17, 15) is 4.79 Å². The Morgan fingerprint density at radius 1 is 1.19 bits per heavy atom. The summed E-state index contributed by atoms with van der Waals surface area (Å²) in [5, 5.41) is 4.23. The molecule has 2 aromatic rings. The van der Waals surface area contributed by atoms with Crippen LogP contribution in [0.25, 0.3) is 0 Å². The van der Waals surface area contributed by atoms with Gasteiger partial charge in [-0.05, 0) is 18.2 Å². The Hall–Kier alpha value is -1.14. The molecule has 1 saturated heterocycles. The summed E-state index contributed by atoms with van der Waals surface area (Å²) in [6, 6.07) is 5.01. The van der Waals surface area contributed by atoms with E-state index in [-0.39, 0.29) is 11.3 Å². The SMILES string of the molecule is CC(C)(C)c1csc(CN2CCN(C(=O)c3ccc(Cl)cc3Cl)CC2)n1. The Labute approximate surface area is 168 Å². The van der Waals surface area contributed by atoms with Crippen molar-refractivity contribution >= 4 is 40.4 Å². The van der Waals surface area contributed by atoms with E-state index >= 15 is 0 Å². The molecule has 1 aliphatic rings. The molecule has 0 radical (unpaired) electrons. The maximum Gasteiger partial charge on any atom is 0.255 e. The maximum atomic E-state index is 12.7. The quantitative estimate of drug-likeness (QED) is 0.733. The number of carbonyl (C=O) groups is 1. The van der Waals surface area contributed by atoms with Crippen LogP contribution in [0.5, 0.6) is 0 Å². The summed E-state index contributed by atoms with van der Waals surface area (Å²) in [6.07, 6.45) is 0. The highest BCUT2D eigenvalue weighted by molar-refractivity contribution is 7.09. The Morgan fingerprint density at radius 2 is 1.88 bits per heavy atom. The van der Waals surface area contributed by atoms with Gasteiger partial charge < -0.3 is 4.90 Å². The molecule has 7 heteroatoms. The second-order valence-corrected chi connectivity index (χ2v) is 9.36. The zero-order chi connectivity index (χ0) is 18.9. The van der Waals surface area contributed by atoms with E-state index < -0.39 is 0 Å². The second-order valence-electron chi connectivity index (χ2n) is 7.57. The first-order chi connectivity index (χ1) is 12.2. The van der Waals surface area contributed by atoms with E-state index in [1.807, 2.05) is 4.90 Å². The van der Waals surface area contributed by atoms with E-state index in [0.29, 0.717) is 28.7 Å². The van der Waals surface area contributed by atoms with Gasteiger partial charge in [-0.2, -0.15) is 0 Å². The van der Waals surface area contributed by atoms with Crippen molar-refractivity contribution in [3.63, 3.8) is 0 Å². The smallest absolute Gasteiger partial charge is 0.255 e. The highest BCUT2D eigenvalue weighted by Crippen LogP contribution is 2.25. The highest BCUT2D eigenvalue weighted by Gasteiger charge is 2.25. The van der Waals surface area contributed by atoms with Crippen LogP contribution in [0.4, 0.5) is 0 Å². The molecule has 1 aliphatic heterocycles. The van der Waals surface area contributed by atoms with Crippen molar-refractivity contribution in [1.82, 2.24) is 14.8 Å². The molecule has 1 amide bonds. The van der Waals surface area contributed by atoms with Gasteiger partial charge in [0.15, 0.2) is 0 Å². The normalized spacial score (nSPS) is 16.1. The number of piperazine rings is 1. The van der Waals surface area contributed by atoms with Crippen LogP contribution in [0.2, 0.25) is 10.0 Å². The van der Waals surface area contributed by atoms with Gasteiger partial charge in [0.25, 0.3) is 5.91 Å². The molecule has 1 fully saturated rings. The summed E-state index contributed by atoms with van der Waals surface area (Å²) in [7, 11) is 0. The number of thiazole rings is 1. The van der Waals surface area contributed by atoms with E-state index in [0.717, 1.165) is 30.3 Å². The van der Waals surface area contributed by atoms with Crippen molar-refractivity contribution in [2.24, 2.45) is 0 Å². The predicted octanol–water partition coefficient (Wildman–Crippen LogP) is 4.71. The van der Waals surface area contributed by atoms with Crippen LogP contribution >= 0.6 is 34.5 Å². The van der Waals surface area contributed by atoms with Gasteiger partial charge in [0, 0.05) is 42.0 Å². The Balaban J connectivity index is 1.57. The van der Waals surface area contributed by atoms with Crippen LogP contribution in [0.3, 0.4) is 0 Å². The molecular weight excluding hydrogens is 389 g/mol. The molecule has 4 nitrogen and oxygen atoms in total. The summed E-state index contributed by atoms with van der Waals surface area (Å²) in [4.78, 5) is 21.6. The Kier molecular flexibility index (Phi) is 5.92. The fraction of sp³-hybridized carbons (Fsp3) is 0.474. The molecule has 0 aliphatic carbocycles. The molecule has 1 aromatic carbocycles. The zero-order valence-corrected chi connectivity index (χ0v) is 17.6.